The Morgan fingerprint density at radius 1 is 1.19 bits per heavy atom. The molecule has 32 heavy (non-hydrogen) atoms. The lowest BCUT2D eigenvalue weighted by atomic mass is 10.0. The molecule has 0 aliphatic rings. The summed E-state index contributed by atoms with van der Waals surface area (Å²) in [7, 11) is 0. The first-order valence-electron chi connectivity index (χ1n) is 9.40. The number of ether oxygens (including phenoxy) is 2. The van der Waals surface area contributed by atoms with E-state index in [9.17, 15) is 33.2 Å². The number of nitrogens with zero attached hydrogens (tertiary/aromatic N) is 2. The zero-order valence-electron chi connectivity index (χ0n) is 16.9. The van der Waals surface area contributed by atoms with Crippen LogP contribution in [0, 0.1) is 21.4 Å². The van der Waals surface area contributed by atoms with Crippen molar-refractivity contribution >= 4 is 11.5 Å². The molecule has 0 aliphatic carbocycles. The highest BCUT2D eigenvalue weighted by atomic mass is 19.4. The number of hydrogen-bond acceptors (Lipinski definition) is 7. The summed E-state index contributed by atoms with van der Waals surface area (Å²) in [6, 6.07) is 8.25. The van der Waals surface area contributed by atoms with Crippen LogP contribution in [0.1, 0.15) is 41.3 Å². The van der Waals surface area contributed by atoms with Gasteiger partial charge in [-0.1, -0.05) is 6.07 Å². The van der Waals surface area contributed by atoms with Gasteiger partial charge < -0.3 is 14.6 Å². The van der Waals surface area contributed by atoms with Crippen molar-refractivity contribution in [2.45, 2.75) is 32.4 Å². The molecule has 0 radical (unpaired) electrons. The summed E-state index contributed by atoms with van der Waals surface area (Å²) < 4.78 is 48.8. The molecule has 0 aliphatic heterocycles. The number of nitro benzene ring substituents is 1. The maximum Gasteiger partial charge on any atom is 0.389 e. The number of benzene rings is 2. The predicted molar refractivity (Wildman–Crippen MR) is 106 cm³/mol. The third kappa shape index (κ3) is 6.34. The van der Waals surface area contributed by atoms with Gasteiger partial charge in [0.25, 0.3) is 5.69 Å². The van der Waals surface area contributed by atoms with Crippen LogP contribution in [0.4, 0.5) is 18.9 Å². The second kappa shape index (κ2) is 10.5. The van der Waals surface area contributed by atoms with Crippen molar-refractivity contribution in [1.82, 2.24) is 0 Å². The molecular weight excluding hydrogens is 433 g/mol. The molecule has 0 amide bonds. The smallest absolute Gasteiger partial charge is 0.389 e. The van der Waals surface area contributed by atoms with Gasteiger partial charge in [-0.2, -0.15) is 18.4 Å². The number of ketones is 1. The van der Waals surface area contributed by atoms with E-state index in [-0.39, 0.29) is 47.8 Å². The SMILES string of the molecule is CC(=O)c1ccc(OCCCOc2cccc([N+](=O)[O-])c2C#N)c(CCC(F)(F)F)c1O. The van der Waals surface area contributed by atoms with Crippen LogP contribution in [-0.2, 0) is 6.42 Å². The van der Waals surface area contributed by atoms with Gasteiger partial charge in [0.15, 0.2) is 11.3 Å². The molecule has 170 valence electrons. The molecule has 11 heteroatoms. The fourth-order valence-corrected chi connectivity index (χ4v) is 2.87. The van der Waals surface area contributed by atoms with Crippen LogP contribution in [0.3, 0.4) is 0 Å². The standard InChI is InChI=1S/C21H19F3N2O6/c1-13(27)14-6-7-19(15(20(14)28)8-9-21(22,23)24)32-11-3-10-31-18-5-2-4-17(26(29)30)16(18)12-25/h2,4-7,28H,3,8-11H2,1H3. The summed E-state index contributed by atoms with van der Waals surface area (Å²) in [5.41, 5.74) is -0.844. The molecule has 0 unspecified atom stereocenters. The highest BCUT2D eigenvalue weighted by molar-refractivity contribution is 5.97. The van der Waals surface area contributed by atoms with Crippen LogP contribution in [0.2, 0.25) is 0 Å². The van der Waals surface area contributed by atoms with E-state index in [0.29, 0.717) is 0 Å². The molecule has 8 nitrogen and oxygen atoms in total. The van der Waals surface area contributed by atoms with Gasteiger partial charge in [0.2, 0.25) is 0 Å². The number of hydrogen-bond donors (Lipinski definition) is 1. The zero-order valence-corrected chi connectivity index (χ0v) is 16.9. The third-order valence-corrected chi connectivity index (χ3v) is 4.39. The Kier molecular flexibility index (Phi) is 8.01. The number of Topliss-reactive ketones (excluding diaryl/α,β-unsaturated/α-hetero) is 1. The number of phenolic OH excluding ortho intramolecular Hbond substituents is 1. The van der Waals surface area contributed by atoms with Crippen molar-refractivity contribution in [3.8, 4) is 23.3 Å². The van der Waals surface area contributed by atoms with E-state index in [1.54, 1.807) is 6.07 Å². The van der Waals surface area contributed by atoms with Crippen LogP contribution in [0.15, 0.2) is 30.3 Å². The van der Waals surface area contributed by atoms with Gasteiger partial charge in [-0.05, 0) is 31.5 Å². The molecule has 2 rings (SSSR count). The number of alkyl halides is 3. The summed E-state index contributed by atoms with van der Waals surface area (Å²) in [5.74, 6) is -1.02. The minimum absolute atomic E-state index is 0.00446. The van der Waals surface area contributed by atoms with Gasteiger partial charge in [0.05, 0.1) is 23.7 Å². The van der Waals surface area contributed by atoms with E-state index in [1.165, 1.54) is 37.3 Å². The van der Waals surface area contributed by atoms with Gasteiger partial charge in [0.1, 0.15) is 23.3 Å². The van der Waals surface area contributed by atoms with Gasteiger partial charge in [-0.3, -0.25) is 14.9 Å². The molecule has 0 bridgehead atoms. The molecule has 1 N–H and O–H groups in total. The Balaban J connectivity index is 2.05. The number of nitriles is 1. The quantitative estimate of drug-likeness (QED) is 0.240. The van der Waals surface area contributed by atoms with Gasteiger partial charge in [-0.25, -0.2) is 0 Å². The normalized spacial score (nSPS) is 11.0. The Labute approximate surface area is 180 Å². The van der Waals surface area contributed by atoms with Crippen LogP contribution < -0.4 is 9.47 Å². The van der Waals surface area contributed by atoms with E-state index in [4.69, 9.17) is 14.7 Å². The van der Waals surface area contributed by atoms with Crippen LogP contribution in [0.25, 0.3) is 0 Å². The number of aromatic hydroxyl groups is 1. The first-order chi connectivity index (χ1) is 15.0. The van der Waals surface area contributed by atoms with Crippen molar-refractivity contribution in [1.29, 1.82) is 5.26 Å². The average Bonchev–Trinajstić information content (AvgIpc) is 2.71. The molecule has 0 saturated carbocycles. The second-order valence-electron chi connectivity index (χ2n) is 6.68. The highest BCUT2D eigenvalue weighted by Crippen LogP contribution is 2.35. The van der Waals surface area contributed by atoms with Crippen molar-refractivity contribution in [2.24, 2.45) is 0 Å². The Hall–Kier alpha value is -3.81. The van der Waals surface area contributed by atoms with E-state index in [2.05, 4.69) is 0 Å². The second-order valence-corrected chi connectivity index (χ2v) is 6.68. The van der Waals surface area contributed by atoms with Crippen molar-refractivity contribution in [3.63, 3.8) is 0 Å². The molecule has 0 atom stereocenters. The average molecular weight is 452 g/mol. The lowest BCUT2D eigenvalue weighted by molar-refractivity contribution is -0.385. The number of rotatable bonds is 10. The summed E-state index contributed by atoms with van der Waals surface area (Å²) in [5, 5.41) is 30.4. The number of halogens is 3. The van der Waals surface area contributed by atoms with E-state index in [0.717, 1.165) is 0 Å². The number of phenols is 1. The summed E-state index contributed by atoms with van der Waals surface area (Å²) in [6.07, 6.45) is -6.01. The van der Waals surface area contributed by atoms with E-state index >= 15 is 0 Å². The zero-order chi connectivity index (χ0) is 23.9. The number of carbonyl (C=O) groups excluding carboxylic acids is 1. The Bertz CT molecular complexity index is 1050. The lowest BCUT2D eigenvalue weighted by Crippen LogP contribution is -2.11. The fourth-order valence-electron chi connectivity index (χ4n) is 2.87. The maximum atomic E-state index is 12.6. The molecular formula is C21H19F3N2O6. The molecule has 2 aromatic rings. The van der Waals surface area contributed by atoms with Crippen LogP contribution in [-0.4, -0.2) is 35.2 Å². The van der Waals surface area contributed by atoms with Gasteiger partial charge >= 0.3 is 6.18 Å². The van der Waals surface area contributed by atoms with Gasteiger partial charge in [-0.15, -0.1) is 0 Å². The molecule has 0 heterocycles. The van der Waals surface area contributed by atoms with E-state index in [1.807, 2.05) is 0 Å². The topological polar surface area (TPSA) is 123 Å². The lowest BCUT2D eigenvalue weighted by Gasteiger charge is -2.16. The third-order valence-electron chi connectivity index (χ3n) is 4.39. The fraction of sp³-hybridized carbons (Fsp3) is 0.333. The van der Waals surface area contributed by atoms with Crippen LogP contribution >= 0.6 is 0 Å². The Morgan fingerprint density at radius 3 is 2.41 bits per heavy atom. The first kappa shape index (κ1) is 24.5. The van der Waals surface area contributed by atoms with Crippen molar-refractivity contribution < 1.29 is 37.5 Å². The van der Waals surface area contributed by atoms with Crippen LogP contribution in [0.5, 0.6) is 17.2 Å². The monoisotopic (exact) mass is 452 g/mol. The highest BCUT2D eigenvalue weighted by Gasteiger charge is 2.29. The number of nitro groups is 1. The minimum Gasteiger partial charge on any atom is -0.507 e. The van der Waals surface area contributed by atoms with E-state index < -0.39 is 41.2 Å². The number of carbonyl (C=O) groups is 1. The minimum atomic E-state index is -4.46. The summed E-state index contributed by atoms with van der Waals surface area (Å²) in [6.45, 7) is 1.17. The maximum absolute atomic E-state index is 12.6. The van der Waals surface area contributed by atoms with Crippen molar-refractivity contribution in [3.05, 3.63) is 57.1 Å². The Morgan fingerprint density at radius 2 is 1.84 bits per heavy atom. The molecule has 0 spiro atoms. The van der Waals surface area contributed by atoms with Crippen molar-refractivity contribution in [2.75, 3.05) is 13.2 Å². The van der Waals surface area contributed by atoms with Gasteiger partial charge in [0, 0.05) is 24.5 Å². The molecule has 0 aromatic heterocycles. The largest absolute Gasteiger partial charge is 0.507 e. The summed E-state index contributed by atoms with van der Waals surface area (Å²) >= 11 is 0. The molecule has 0 fully saturated rings. The molecule has 0 saturated heterocycles. The first-order valence-corrected chi connectivity index (χ1v) is 9.40. The molecule has 2 aromatic carbocycles. The predicted octanol–water partition coefficient (Wildman–Crippen LogP) is 4.72. The summed E-state index contributed by atoms with van der Waals surface area (Å²) in [4.78, 5) is 21.9.